The summed E-state index contributed by atoms with van der Waals surface area (Å²) in [4.78, 5) is 13.4. The second-order valence-electron chi connectivity index (χ2n) is 5.76. The summed E-state index contributed by atoms with van der Waals surface area (Å²) in [6, 6.07) is 8.33. The fourth-order valence-electron chi connectivity index (χ4n) is 2.92. The summed E-state index contributed by atoms with van der Waals surface area (Å²) in [6.45, 7) is 4.96. The number of amides is 1. The van der Waals surface area contributed by atoms with E-state index in [4.69, 9.17) is 17.3 Å². The molecule has 1 amide bonds. The Kier molecular flexibility index (Phi) is 6.03. The lowest BCUT2D eigenvalue weighted by Crippen LogP contribution is -2.39. The van der Waals surface area contributed by atoms with Gasteiger partial charge in [0.25, 0.3) is 0 Å². The first kappa shape index (κ1) is 16.3. The molecule has 4 nitrogen and oxygen atoms in total. The van der Waals surface area contributed by atoms with Gasteiger partial charge in [0.1, 0.15) is 0 Å². The Hall–Kier alpha value is -1.10. The topological polar surface area (TPSA) is 58.4 Å². The summed E-state index contributed by atoms with van der Waals surface area (Å²) >= 11 is 6.37. The monoisotopic (exact) mass is 309 g/mol. The molecule has 21 heavy (non-hydrogen) atoms. The highest BCUT2D eigenvalue weighted by Crippen LogP contribution is 2.29. The molecule has 5 heteroatoms. The summed E-state index contributed by atoms with van der Waals surface area (Å²) in [6.07, 6.45) is 2.82. The van der Waals surface area contributed by atoms with Crippen LogP contribution < -0.4 is 11.1 Å². The van der Waals surface area contributed by atoms with Crippen LogP contribution in [0.1, 0.15) is 37.8 Å². The van der Waals surface area contributed by atoms with E-state index >= 15 is 0 Å². The van der Waals surface area contributed by atoms with E-state index in [1.807, 2.05) is 25.1 Å². The number of likely N-dealkylation sites (tertiary alicyclic amines) is 1. The third kappa shape index (κ3) is 4.70. The third-order valence-electron chi connectivity index (χ3n) is 4.01. The van der Waals surface area contributed by atoms with Crippen LogP contribution in [0.3, 0.4) is 0 Å². The number of hydrogen-bond acceptors (Lipinski definition) is 3. The number of halogens is 1. The van der Waals surface area contributed by atoms with Crippen LogP contribution in [0.5, 0.6) is 0 Å². The fourth-order valence-corrected chi connectivity index (χ4v) is 3.18. The number of carbonyl (C=O) groups excluding carboxylic acids is 1. The minimum Gasteiger partial charge on any atom is -0.370 e. The van der Waals surface area contributed by atoms with Crippen LogP contribution in [0, 0.1) is 0 Å². The number of nitrogens with one attached hydrogen (secondary N) is 1. The summed E-state index contributed by atoms with van der Waals surface area (Å²) in [5.41, 5.74) is 6.40. The summed E-state index contributed by atoms with van der Waals surface area (Å²) in [5.74, 6) is -0.273. The Labute approximate surface area is 131 Å². The van der Waals surface area contributed by atoms with Gasteiger partial charge in [0.15, 0.2) is 0 Å². The highest BCUT2D eigenvalue weighted by atomic mass is 35.5. The smallest absolute Gasteiger partial charge is 0.218 e. The third-order valence-corrected chi connectivity index (χ3v) is 4.36. The largest absolute Gasteiger partial charge is 0.370 e. The van der Waals surface area contributed by atoms with Gasteiger partial charge < -0.3 is 11.1 Å². The van der Waals surface area contributed by atoms with E-state index in [0.29, 0.717) is 6.42 Å². The lowest BCUT2D eigenvalue weighted by molar-refractivity contribution is -0.118. The van der Waals surface area contributed by atoms with Gasteiger partial charge in [-0.3, -0.25) is 9.69 Å². The number of rotatable bonds is 7. The number of benzene rings is 1. The zero-order valence-electron chi connectivity index (χ0n) is 12.5. The van der Waals surface area contributed by atoms with Crippen LogP contribution in [0.25, 0.3) is 0 Å². The number of hydrogen-bond donors (Lipinski definition) is 2. The molecule has 0 aliphatic carbocycles. The first-order valence-corrected chi connectivity index (χ1v) is 7.96. The van der Waals surface area contributed by atoms with E-state index in [-0.39, 0.29) is 18.0 Å². The summed E-state index contributed by atoms with van der Waals surface area (Å²) < 4.78 is 0. The predicted molar refractivity (Wildman–Crippen MR) is 86.3 cm³/mol. The van der Waals surface area contributed by atoms with E-state index in [1.54, 1.807) is 0 Å². The van der Waals surface area contributed by atoms with Gasteiger partial charge in [-0.05, 0) is 44.5 Å². The zero-order valence-corrected chi connectivity index (χ0v) is 13.3. The highest BCUT2D eigenvalue weighted by molar-refractivity contribution is 6.31. The number of nitrogens with zero attached hydrogens (tertiary/aromatic N) is 1. The molecule has 1 saturated heterocycles. The van der Waals surface area contributed by atoms with Gasteiger partial charge in [-0.1, -0.05) is 29.8 Å². The van der Waals surface area contributed by atoms with Crippen molar-refractivity contribution in [2.45, 2.75) is 38.3 Å². The first-order valence-electron chi connectivity index (χ1n) is 7.58. The average Bonchev–Trinajstić information content (AvgIpc) is 2.94. The Bertz CT molecular complexity index is 474. The molecule has 0 unspecified atom stereocenters. The zero-order chi connectivity index (χ0) is 15.2. The van der Waals surface area contributed by atoms with Crippen molar-refractivity contribution >= 4 is 17.5 Å². The summed E-state index contributed by atoms with van der Waals surface area (Å²) in [5, 5.41) is 4.22. The van der Waals surface area contributed by atoms with Gasteiger partial charge in [0.05, 0.1) is 0 Å². The Balaban J connectivity index is 2.06. The molecule has 0 saturated carbocycles. The highest BCUT2D eigenvalue weighted by Gasteiger charge is 2.25. The first-order chi connectivity index (χ1) is 10.1. The molecule has 3 N–H and O–H groups in total. The van der Waals surface area contributed by atoms with Crippen molar-refractivity contribution in [3.8, 4) is 0 Å². The molecule has 1 aliphatic heterocycles. The van der Waals surface area contributed by atoms with Crippen molar-refractivity contribution in [2.24, 2.45) is 5.73 Å². The van der Waals surface area contributed by atoms with E-state index in [2.05, 4.69) is 16.3 Å². The maximum absolute atomic E-state index is 11.0. The number of primary amides is 1. The average molecular weight is 310 g/mol. The molecule has 0 aromatic heterocycles. The molecule has 0 bridgehead atoms. The van der Waals surface area contributed by atoms with E-state index < -0.39 is 0 Å². The molecule has 1 fully saturated rings. The maximum Gasteiger partial charge on any atom is 0.218 e. The van der Waals surface area contributed by atoms with Crippen molar-refractivity contribution in [3.05, 3.63) is 34.9 Å². The van der Waals surface area contributed by atoms with Gasteiger partial charge in [0.2, 0.25) is 5.91 Å². The molecule has 1 aromatic carbocycles. The molecule has 2 rings (SSSR count). The molecule has 0 radical (unpaired) electrons. The number of nitrogens with two attached hydrogens (primary N) is 1. The second-order valence-corrected chi connectivity index (χ2v) is 6.17. The second kappa shape index (κ2) is 7.78. The standard InChI is InChI=1S/C16H24ClN3O/c1-12(10-16(18)21)19-11-15(20-8-4-5-9-20)13-6-2-3-7-14(13)17/h2-3,6-7,12,15,19H,4-5,8-11H2,1H3,(H2,18,21)/t12-,15-/m1/s1. The van der Waals surface area contributed by atoms with E-state index in [1.165, 1.54) is 12.8 Å². The van der Waals surface area contributed by atoms with E-state index in [0.717, 1.165) is 30.2 Å². The van der Waals surface area contributed by atoms with Crippen LogP contribution in [-0.2, 0) is 4.79 Å². The minimum atomic E-state index is -0.273. The van der Waals surface area contributed by atoms with Crippen LogP contribution in [0.15, 0.2) is 24.3 Å². The van der Waals surface area contributed by atoms with Crippen molar-refractivity contribution < 1.29 is 4.79 Å². The molecular weight excluding hydrogens is 286 g/mol. The van der Waals surface area contributed by atoms with Gasteiger partial charge in [-0.25, -0.2) is 0 Å². The normalized spacial score (nSPS) is 18.6. The van der Waals surface area contributed by atoms with E-state index in [9.17, 15) is 4.79 Å². The quantitative estimate of drug-likeness (QED) is 0.813. The molecule has 1 aromatic rings. The lowest BCUT2D eigenvalue weighted by Gasteiger charge is -2.30. The summed E-state index contributed by atoms with van der Waals surface area (Å²) in [7, 11) is 0. The minimum absolute atomic E-state index is 0.0788. The number of carbonyl (C=O) groups is 1. The van der Waals surface area contributed by atoms with Crippen LogP contribution in [0.2, 0.25) is 5.02 Å². The molecule has 1 heterocycles. The molecule has 1 aliphatic rings. The van der Waals surface area contributed by atoms with Gasteiger partial charge in [-0.2, -0.15) is 0 Å². The molecule has 0 spiro atoms. The van der Waals surface area contributed by atoms with Crippen molar-refractivity contribution in [1.82, 2.24) is 10.2 Å². The Morgan fingerprint density at radius 1 is 1.38 bits per heavy atom. The maximum atomic E-state index is 11.0. The Morgan fingerprint density at radius 3 is 2.67 bits per heavy atom. The lowest BCUT2D eigenvalue weighted by atomic mass is 10.0. The Morgan fingerprint density at radius 2 is 2.05 bits per heavy atom. The molecule has 2 atom stereocenters. The van der Waals surface area contributed by atoms with Crippen LogP contribution in [-0.4, -0.2) is 36.5 Å². The van der Waals surface area contributed by atoms with Crippen LogP contribution in [0.4, 0.5) is 0 Å². The molecular formula is C16H24ClN3O. The van der Waals surface area contributed by atoms with Crippen LogP contribution >= 0.6 is 11.6 Å². The van der Waals surface area contributed by atoms with Gasteiger partial charge >= 0.3 is 0 Å². The fraction of sp³-hybridized carbons (Fsp3) is 0.562. The SMILES string of the molecule is C[C@H](CC(N)=O)NC[C@H](c1ccccc1Cl)N1CCCC1. The van der Waals surface area contributed by atoms with Crippen molar-refractivity contribution in [1.29, 1.82) is 0 Å². The predicted octanol–water partition coefficient (Wildman–Crippen LogP) is 2.33. The molecule has 116 valence electrons. The van der Waals surface area contributed by atoms with Gasteiger partial charge in [0, 0.05) is 30.1 Å². The van der Waals surface area contributed by atoms with Gasteiger partial charge in [-0.15, -0.1) is 0 Å². The van der Waals surface area contributed by atoms with Crippen molar-refractivity contribution in [3.63, 3.8) is 0 Å². The van der Waals surface area contributed by atoms with Crippen molar-refractivity contribution in [2.75, 3.05) is 19.6 Å².